The van der Waals surface area contributed by atoms with Crippen LogP contribution in [0.4, 0.5) is 5.69 Å². The molecule has 28 heavy (non-hydrogen) atoms. The van der Waals surface area contributed by atoms with Gasteiger partial charge in [0.1, 0.15) is 0 Å². The first kappa shape index (κ1) is 22.0. The maximum Gasteiger partial charge on any atom is 0.186 e. The topological polar surface area (TPSA) is 46.9 Å². The summed E-state index contributed by atoms with van der Waals surface area (Å²) < 4.78 is 3.92. The van der Waals surface area contributed by atoms with Gasteiger partial charge < -0.3 is 14.1 Å². The lowest BCUT2D eigenvalue weighted by Crippen LogP contribution is -2.15. The number of benzene rings is 3. The molecule has 2 N–H and O–H groups in total. The van der Waals surface area contributed by atoms with Crippen LogP contribution in [0.1, 0.15) is 0 Å². The average molecular weight is 473 g/mol. The normalized spacial score (nSPS) is 11.6. The van der Waals surface area contributed by atoms with Crippen molar-refractivity contribution in [2.45, 2.75) is 9.79 Å². The Morgan fingerprint density at radius 2 is 1.54 bits per heavy atom. The fraction of sp³-hybridized carbons (Fsp3) is 0.158. The van der Waals surface area contributed by atoms with Crippen LogP contribution in [0.2, 0.25) is 10.0 Å². The molecule has 0 aliphatic heterocycles. The van der Waals surface area contributed by atoms with Gasteiger partial charge in [-0.05, 0) is 73.7 Å². The Morgan fingerprint density at radius 3 is 2.18 bits per heavy atom. The minimum atomic E-state index is -2.13. The highest BCUT2D eigenvalue weighted by atomic mass is 35.5. The Labute approximate surface area is 184 Å². The van der Waals surface area contributed by atoms with E-state index in [9.17, 15) is 9.79 Å². The molecular weight excluding hydrogens is 454 g/mol. The molecule has 0 bridgehead atoms. The van der Waals surface area contributed by atoms with E-state index in [1.54, 1.807) is 30.1 Å². The molecule has 0 saturated heterocycles. The van der Waals surface area contributed by atoms with Crippen molar-refractivity contribution in [1.29, 1.82) is 0 Å². The minimum Gasteiger partial charge on any atom is -0.349 e. The molecule has 3 aromatic carbocycles. The van der Waals surface area contributed by atoms with Gasteiger partial charge in [-0.15, -0.1) is 0 Å². The van der Waals surface area contributed by atoms with Crippen LogP contribution in [0.25, 0.3) is 10.8 Å². The molecule has 0 spiro atoms. The van der Waals surface area contributed by atoms with Gasteiger partial charge in [0.15, 0.2) is 8.38 Å². The fourth-order valence-electron chi connectivity index (χ4n) is 2.74. The number of anilines is 1. The van der Waals surface area contributed by atoms with Gasteiger partial charge in [-0.3, -0.25) is 4.31 Å². The highest BCUT2D eigenvalue weighted by molar-refractivity contribution is 8.01. The Hall–Kier alpha value is -0.690. The van der Waals surface area contributed by atoms with Crippen molar-refractivity contribution in [3.63, 3.8) is 0 Å². The second-order valence-corrected chi connectivity index (χ2v) is 10.5. The zero-order valence-corrected chi connectivity index (χ0v) is 19.3. The standard InChI is InChI=1S/C19H19Cl2N2O2PS2/c1-22(2)28-19-8-4-5-16-17(19)6-3-7-18(16)23(12-26(24)25)27-15-10-13(20)9-14(21)11-15/h3-11,24-25H,12H2,1-2H3. The van der Waals surface area contributed by atoms with Crippen molar-refractivity contribution in [3.05, 3.63) is 64.6 Å². The SMILES string of the molecule is CN(C)Sc1cccc2c(N(CP(O)O)Sc3cc(Cl)cc(Cl)c3)cccc12. The van der Waals surface area contributed by atoms with E-state index in [0.717, 1.165) is 26.3 Å². The third-order valence-electron chi connectivity index (χ3n) is 3.72. The molecule has 0 heterocycles. The lowest BCUT2D eigenvalue weighted by molar-refractivity contribution is 0.484. The maximum atomic E-state index is 9.72. The number of hydrogen-bond donors (Lipinski definition) is 2. The van der Waals surface area contributed by atoms with Gasteiger partial charge in [0.2, 0.25) is 0 Å². The molecule has 4 nitrogen and oxygen atoms in total. The van der Waals surface area contributed by atoms with E-state index in [1.807, 2.05) is 47.0 Å². The van der Waals surface area contributed by atoms with E-state index in [4.69, 9.17) is 23.2 Å². The molecule has 0 radical (unpaired) electrons. The molecule has 0 fully saturated rings. The Balaban J connectivity index is 2.06. The molecule has 9 heteroatoms. The van der Waals surface area contributed by atoms with Crippen LogP contribution in [0.15, 0.2) is 64.4 Å². The molecule has 148 valence electrons. The number of rotatable bonds is 7. The lowest BCUT2D eigenvalue weighted by atomic mass is 10.1. The van der Waals surface area contributed by atoms with Crippen molar-refractivity contribution in [1.82, 2.24) is 4.31 Å². The van der Waals surface area contributed by atoms with Crippen molar-refractivity contribution >= 4 is 71.9 Å². The van der Waals surface area contributed by atoms with Gasteiger partial charge in [0.25, 0.3) is 0 Å². The van der Waals surface area contributed by atoms with Crippen molar-refractivity contribution < 1.29 is 9.79 Å². The summed E-state index contributed by atoms with van der Waals surface area (Å²) in [6.07, 6.45) is 0.0916. The molecule has 0 aliphatic rings. The summed E-state index contributed by atoms with van der Waals surface area (Å²) in [5, 5.41) is 3.21. The number of halogens is 2. The average Bonchev–Trinajstić information content (AvgIpc) is 2.59. The van der Waals surface area contributed by atoms with Crippen LogP contribution >= 0.6 is 55.5 Å². The van der Waals surface area contributed by atoms with Crippen LogP contribution < -0.4 is 4.31 Å². The zero-order chi connectivity index (χ0) is 20.3. The summed E-state index contributed by atoms with van der Waals surface area (Å²) >= 11 is 15.3. The highest BCUT2D eigenvalue weighted by Crippen LogP contribution is 2.42. The largest absolute Gasteiger partial charge is 0.349 e. The summed E-state index contributed by atoms with van der Waals surface area (Å²) in [7, 11) is 1.88. The summed E-state index contributed by atoms with van der Waals surface area (Å²) in [5.41, 5.74) is 0.899. The van der Waals surface area contributed by atoms with Gasteiger partial charge in [0.05, 0.1) is 12.0 Å². The summed E-state index contributed by atoms with van der Waals surface area (Å²) in [4.78, 5) is 21.4. The van der Waals surface area contributed by atoms with E-state index in [2.05, 4.69) is 12.1 Å². The molecule has 0 unspecified atom stereocenters. The first-order chi connectivity index (χ1) is 13.3. The third-order valence-corrected chi connectivity index (χ3v) is 6.79. The van der Waals surface area contributed by atoms with Crippen molar-refractivity contribution in [2.24, 2.45) is 0 Å². The first-order valence-electron chi connectivity index (χ1n) is 8.27. The summed E-state index contributed by atoms with van der Waals surface area (Å²) in [6.45, 7) is 0. The Bertz CT molecular complexity index is 956. The predicted molar refractivity (Wildman–Crippen MR) is 125 cm³/mol. The Morgan fingerprint density at radius 1 is 0.893 bits per heavy atom. The maximum absolute atomic E-state index is 9.72. The van der Waals surface area contributed by atoms with Crippen LogP contribution in [-0.4, -0.2) is 34.5 Å². The molecule has 0 amide bonds. The molecule has 0 saturated carbocycles. The van der Waals surface area contributed by atoms with Gasteiger partial charge in [0, 0.05) is 25.2 Å². The van der Waals surface area contributed by atoms with Crippen LogP contribution in [0, 0.1) is 0 Å². The second kappa shape index (κ2) is 9.88. The smallest absolute Gasteiger partial charge is 0.186 e. The monoisotopic (exact) mass is 472 g/mol. The molecule has 0 aromatic heterocycles. The van der Waals surface area contributed by atoms with Crippen molar-refractivity contribution in [2.75, 3.05) is 24.7 Å². The first-order valence-corrected chi connectivity index (χ1v) is 12.0. The van der Waals surface area contributed by atoms with Crippen LogP contribution in [-0.2, 0) is 0 Å². The van der Waals surface area contributed by atoms with Crippen LogP contribution in [0.5, 0.6) is 0 Å². The summed E-state index contributed by atoms with van der Waals surface area (Å²) in [5.74, 6) is 0. The van der Waals surface area contributed by atoms with E-state index in [-0.39, 0.29) is 6.29 Å². The molecule has 0 aliphatic carbocycles. The highest BCUT2D eigenvalue weighted by Gasteiger charge is 2.17. The predicted octanol–water partition coefficient (Wildman–Crippen LogP) is 6.48. The quantitative estimate of drug-likeness (QED) is 0.303. The zero-order valence-electron chi connectivity index (χ0n) is 15.2. The number of hydrogen-bond acceptors (Lipinski definition) is 6. The van der Waals surface area contributed by atoms with Gasteiger partial charge in [-0.1, -0.05) is 47.5 Å². The molecule has 3 aromatic rings. The second-order valence-electron chi connectivity index (χ2n) is 6.12. The lowest BCUT2D eigenvalue weighted by Gasteiger charge is -2.25. The van der Waals surface area contributed by atoms with E-state index in [0.29, 0.717) is 10.0 Å². The molecular formula is C19H19Cl2N2O2PS2. The molecule has 0 atom stereocenters. The fourth-order valence-corrected chi connectivity index (χ4v) is 5.99. The minimum absolute atomic E-state index is 0.0916. The van der Waals surface area contributed by atoms with Gasteiger partial charge in [-0.25, -0.2) is 0 Å². The van der Waals surface area contributed by atoms with E-state index < -0.39 is 8.38 Å². The van der Waals surface area contributed by atoms with Crippen LogP contribution in [0.3, 0.4) is 0 Å². The summed E-state index contributed by atoms with van der Waals surface area (Å²) in [6, 6.07) is 17.4. The Kier molecular flexibility index (Phi) is 7.76. The number of fused-ring (bicyclic) bond motifs is 1. The van der Waals surface area contributed by atoms with E-state index in [1.165, 1.54) is 11.9 Å². The van der Waals surface area contributed by atoms with Gasteiger partial charge >= 0.3 is 0 Å². The van der Waals surface area contributed by atoms with E-state index >= 15 is 0 Å². The third kappa shape index (κ3) is 5.68. The van der Waals surface area contributed by atoms with Gasteiger partial charge in [-0.2, -0.15) is 0 Å². The number of nitrogens with zero attached hydrogens (tertiary/aromatic N) is 2. The molecule has 3 rings (SSSR count). The van der Waals surface area contributed by atoms with Crippen molar-refractivity contribution in [3.8, 4) is 0 Å².